The van der Waals surface area contributed by atoms with Gasteiger partial charge in [0, 0.05) is 5.56 Å². The maximum absolute atomic E-state index is 12.2. The Bertz CT molecular complexity index is 615. The number of carbonyl (C=O) groups is 2. The minimum atomic E-state index is -0.670. The Morgan fingerprint density at radius 3 is 1.72 bits per heavy atom. The van der Waals surface area contributed by atoms with Crippen LogP contribution in [-0.2, 0) is 9.53 Å². The van der Waals surface area contributed by atoms with Gasteiger partial charge in [-0.25, -0.2) is 4.79 Å². The highest BCUT2D eigenvalue weighted by atomic mass is 16.5. The van der Waals surface area contributed by atoms with Gasteiger partial charge in [0.2, 0.25) is 0 Å². The van der Waals surface area contributed by atoms with Crippen LogP contribution >= 0.6 is 0 Å². The molecule has 0 bridgehead atoms. The number of ether oxygens (including phenoxy) is 2. The largest absolute Gasteiger partial charge is 0.497 e. The van der Waals surface area contributed by atoms with E-state index in [1.54, 1.807) is 38.3 Å². The standard InChI is InChI=1S/C27H45NO4/c1-4-5-6-7-8-9-10-11-12-13-14-15-16-17-22-32-27(30)23(2)28-26(29)24-18-20-25(31-3)21-19-24/h18-21,23H,4-17,22H2,1-3H3,(H,28,29). The number of hydrogen-bond acceptors (Lipinski definition) is 4. The third kappa shape index (κ3) is 13.4. The van der Waals surface area contributed by atoms with Gasteiger partial charge in [-0.15, -0.1) is 0 Å². The summed E-state index contributed by atoms with van der Waals surface area (Å²) < 4.78 is 10.4. The van der Waals surface area contributed by atoms with Gasteiger partial charge in [-0.05, 0) is 37.6 Å². The average Bonchev–Trinajstić information content (AvgIpc) is 2.81. The Morgan fingerprint density at radius 2 is 1.25 bits per heavy atom. The first-order valence-corrected chi connectivity index (χ1v) is 12.7. The fourth-order valence-corrected chi connectivity index (χ4v) is 3.68. The summed E-state index contributed by atoms with van der Waals surface area (Å²) in [6.07, 6.45) is 18.1. The fourth-order valence-electron chi connectivity index (χ4n) is 3.68. The van der Waals surface area contributed by atoms with Crippen molar-refractivity contribution >= 4 is 11.9 Å². The van der Waals surface area contributed by atoms with Crippen molar-refractivity contribution in [3.05, 3.63) is 29.8 Å². The third-order valence-corrected chi connectivity index (χ3v) is 5.80. The first kappa shape index (κ1) is 28.0. The molecule has 5 heteroatoms. The Kier molecular flexibility index (Phi) is 16.2. The molecule has 1 rings (SSSR count). The van der Waals surface area contributed by atoms with Gasteiger partial charge < -0.3 is 14.8 Å². The molecule has 1 unspecified atom stereocenters. The second-order valence-electron chi connectivity index (χ2n) is 8.69. The molecule has 0 heterocycles. The van der Waals surface area contributed by atoms with E-state index in [4.69, 9.17) is 9.47 Å². The lowest BCUT2D eigenvalue weighted by atomic mass is 10.0. The van der Waals surface area contributed by atoms with Crippen LogP contribution in [0.1, 0.15) is 114 Å². The molecule has 1 N–H and O–H groups in total. The van der Waals surface area contributed by atoms with E-state index >= 15 is 0 Å². The van der Waals surface area contributed by atoms with Crippen molar-refractivity contribution < 1.29 is 19.1 Å². The Balaban J connectivity index is 1.96. The van der Waals surface area contributed by atoms with E-state index in [2.05, 4.69) is 12.2 Å². The van der Waals surface area contributed by atoms with Crippen LogP contribution in [0.2, 0.25) is 0 Å². The topological polar surface area (TPSA) is 64.6 Å². The number of unbranched alkanes of at least 4 members (excludes halogenated alkanes) is 13. The minimum Gasteiger partial charge on any atom is -0.497 e. The molecule has 0 aliphatic carbocycles. The lowest BCUT2D eigenvalue weighted by Crippen LogP contribution is -2.39. The molecule has 5 nitrogen and oxygen atoms in total. The smallest absolute Gasteiger partial charge is 0.328 e. The Labute approximate surface area is 195 Å². The van der Waals surface area contributed by atoms with Crippen molar-refractivity contribution in [1.29, 1.82) is 0 Å². The van der Waals surface area contributed by atoms with Gasteiger partial charge in [-0.2, -0.15) is 0 Å². The first-order chi connectivity index (χ1) is 15.6. The van der Waals surface area contributed by atoms with Gasteiger partial charge in [-0.3, -0.25) is 4.79 Å². The molecule has 32 heavy (non-hydrogen) atoms. The van der Waals surface area contributed by atoms with E-state index in [1.807, 2.05) is 0 Å². The third-order valence-electron chi connectivity index (χ3n) is 5.80. The number of methoxy groups -OCH3 is 1. The summed E-state index contributed by atoms with van der Waals surface area (Å²) >= 11 is 0. The van der Waals surface area contributed by atoms with E-state index in [0.29, 0.717) is 17.9 Å². The van der Waals surface area contributed by atoms with E-state index in [-0.39, 0.29) is 11.9 Å². The summed E-state index contributed by atoms with van der Waals surface area (Å²) in [6.45, 7) is 4.33. The molecule has 0 aliphatic rings. The highest BCUT2D eigenvalue weighted by Crippen LogP contribution is 2.13. The van der Waals surface area contributed by atoms with Crippen LogP contribution in [0.3, 0.4) is 0 Å². The van der Waals surface area contributed by atoms with Gasteiger partial charge in [-0.1, -0.05) is 90.4 Å². The first-order valence-electron chi connectivity index (χ1n) is 12.7. The van der Waals surface area contributed by atoms with Crippen molar-refractivity contribution in [3.8, 4) is 5.75 Å². The summed E-state index contributed by atoms with van der Waals surface area (Å²) in [5.41, 5.74) is 0.484. The number of hydrogen-bond donors (Lipinski definition) is 1. The lowest BCUT2D eigenvalue weighted by Gasteiger charge is -2.13. The van der Waals surface area contributed by atoms with Crippen molar-refractivity contribution in [3.63, 3.8) is 0 Å². The lowest BCUT2D eigenvalue weighted by molar-refractivity contribution is -0.145. The molecule has 1 atom stereocenters. The molecule has 1 amide bonds. The van der Waals surface area contributed by atoms with Gasteiger partial charge in [0.05, 0.1) is 13.7 Å². The highest BCUT2D eigenvalue weighted by molar-refractivity contribution is 5.96. The van der Waals surface area contributed by atoms with Gasteiger partial charge >= 0.3 is 5.97 Å². The van der Waals surface area contributed by atoms with Crippen LogP contribution in [0.5, 0.6) is 5.75 Å². The number of benzene rings is 1. The molecular formula is C27H45NO4. The molecule has 0 radical (unpaired) electrons. The molecule has 182 valence electrons. The van der Waals surface area contributed by atoms with Gasteiger partial charge in [0.15, 0.2) is 0 Å². The number of rotatable bonds is 19. The van der Waals surface area contributed by atoms with E-state index in [1.165, 1.54) is 77.0 Å². The van der Waals surface area contributed by atoms with Crippen LogP contribution in [0.4, 0.5) is 0 Å². The second-order valence-corrected chi connectivity index (χ2v) is 8.69. The van der Waals surface area contributed by atoms with Crippen LogP contribution in [0, 0.1) is 0 Å². The van der Waals surface area contributed by atoms with Crippen LogP contribution < -0.4 is 10.1 Å². The molecule has 0 fully saturated rings. The van der Waals surface area contributed by atoms with Crippen LogP contribution in [0.25, 0.3) is 0 Å². The predicted molar refractivity (Wildman–Crippen MR) is 131 cm³/mol. The van der Waals surface area contributed by atoms with Crippen molar-refractivity contribution in [2.45, 2.75) is 110 Å². The minimum absolute atomic E-state index is 0.298. The molecule has 1 aromatic rings. The molecule has 0 saturated heterocycles. The number of carbonyl (C=O) groups excluding carboxylic acids is 2. The zero-order valence-electron chi connectivity index (χ0n) is 20.6. The maximum Gasteiger partial charge on any atom is 0.328 e. The molecule has 0 aromatic heterocycles. The van der Waals surface area contributed by atoms with Crippen LogP contribution in [-0.4, -0.2) is 31.6 Å². The van der Waals surface area contributed by atoms with E-state index < -0.39 is 6.04 Å². The summed E-state index contributed by atoms with van der Waals surface area (Å²) in [7, 11) is 1.57. The molecular weight excluding hydrogens is 402 g/mol. The summed E-state index contributed by atoms with van der Waals surface area (Å²) in [5.74, 6) is -0.00248. The summed E-state index contributed by atoms with van der Waals surface area (Å²) in [4.78, 5) is 24.3. The van der Waals surface area contributed by atoms with Gasteiger partial charge in [0.25, 0.3) is 5.91 Å². The van der Waals surface area contributed by atoms with E-state index in [0.717, 1.165) is 12.8 Å². The zero-order chi connectivity index (χ0) is 23.4. The van der Waals surface area contributed by atoms with E-state index in [9.17, 15) is 9.59 Å². The number of nitrogens with one attached hydrogen (secondary N) is 1. The molecule has 0 saturated carbocycles. The fraction of sp³-hybridized carbons (Fsp3) is 0.704. The Hall–Kier alpha value is -2.04. The molecule has 0 aliphatic heterocycles. The Morgan fingerprint density at radius 1 is 0.781 bits per heavy atom. The van der Waals surface area contributed by atoms with Gasteiger partial charge in [0.1, 0.15) is 11.8 Å². The summed E-state index contributed by atoms with van der Waals surface area (Å²) in [5, 5.41) is 2.68. The SMILES string of the molecule is CCCCCCCCCCCCCCCCOC(=O)C(C)NC(=O)c1ccc(OC)cc1. The summed E-state index contributed by atoms with van der Waals surface area (Å²) in [6, 6.07) is 6.10. The van der Waals surface area contributed by atoms with Crippen LogP contribution in [0.15, 0.2) is 24.3 Å². The van der Waals surface area contributed by atoms with Crippen molar-refractivity contribution in [1.82, 2.24) is 5.32 Å². The van der Waals surface area contributed by atoms with Crippen molar-refractivity contribution in [2.24, 2.45) is 0 Å². The number of amides is 1. The zero-order valence-corrected chi connectivity index (χ0v) is 20.6. The normalized spacial score (nSPS) is 11.7. The highest BCUT2D eigenvalue weighted by Gasteiger charge is 2.17. The maximum atomic E-state index is 12.2. The number of esters is 1. The van der Waals surface area contributed by atoms with Crippen molar-refractivity contribution in [2.75, 3.05) is 13.7 Å². The molecule has 0 spiro atoms. The quantitative estimate of drug-likeness (QED) is 0.186. The second kappa shape index (κ2) is 18.5. The average molecular weight is 448 g/mol. The monoisotopic (exact) mass is 447 g/mol. The predicted octanol–water partition coefficient (Wildman–Crippen LogP) is 6.84. The molecule has 1 aromatic carbocycles.